The summed E-state index contributed by atoms with van der Waals surface area (Å²) < 4.78 is -1.25. The predicted octanol–water partition coefficient (Wildman–Crippen LogP) is 1.38. The van der Waals surface area contributed by atoms with E-state index in [1.165, 1.54) is 6.08 Å². The van der Waals surface area contributed by atoms with Crippen LogP contribution in [0.5, 0.6) is 0 Å². The lowest BCUT2D eigenvalue weighted by Gasteiger charge is -2.42. The number of quaternary nitrogens is 2. The standard InChI is InChI=1S/C32H47N7O7/c33-29-23-32(44)31(37-28-9-5-26(6-10-28)35-12-2-14-39(46,17-21-42)18-22-43)24-30(29)36-27-7-3-25(4-8-27)34-11-1-13-38(45,15-19-40)16-20-41/h3-10,23-24,34-35,37,40-43H,1-2,11-22,33H2. The molecule has 2 aromatic carbocycles. The minimum atomic E-state index is -0.627. The van der Waals surface area contributed by atoms with Crippen LogP contribution in [0.1, 0.15) is 12.8 Å². The molecule has 1 aliphatic carbocycles. The predicted molar refractivity (Wildman–Crippen MR) is 180 cm³/mol. The summed E-state index contributed by atoms with van der Waals surface area (Å²) in [4.78, 5) is 17.3. The van der Waals surface area contributed by atoms with Crippen molar-refractivity contribution in [1.29, 1.82) is 0 Å². The highest BCUT2D eigenvalue weighted by molar-refractivity contribution is 6.23. The Morgan fingerprint density at radius 2 is 1.09 bits per heavy atom. The van der Waals surface area contributed by atoms with Crippen LogP contribution in [0.15, 0.2) is 77.1 Å². The van der Waals surface area contributed by atoms with Gasteiger partial charge in [-0.05, 0) is 54.6 Å². The van der Waals surface area contributed by atoms with Crippen molar-refractivity contribution in [3.63, 3.8) is 0 Å². The van der Waals surface area contributed by atoms with E-state index in [0.29, 0.717) is 48.7 Å². The van der Waals surface area contributed by atoms with E-state index in [1.54, 1.807) is 6.08 Å². The van der Waals surface area contributed by atoms with E-state index in [9.17, 15) is 15.2 Å². The second-order valence-electron chi connectivity index (χ2n) is 11.2. The van der Waals surface area contributed by atoms with Crippen LogP contribution in [-0.4, -0.2) is 120 Å². The lowest BCUT2D eigenvalue weighted by molar-refractivity contribution is -0.881. The number of hydrogen-bond donors (Lipinski definition) is 8. The molecular weight excluding hydrogens is 594 g/mol. The van der Waals surface area contributed by atoms with Gasteiger partial charge < -0.3 is 61.8 Å². The molecule has 14 heteroatoms. The summed E-state index contributed by atoms with van der Waals surface area (Å²) in [5, 5.41) is 71.2. The zero-order valence-corrected chi connectivity index (χ0v) is 26.1. The largest absolute Gasteiger partial charge is 0.633 e. The fourth-order valence-electron chi connectivity index (χ4n) is 5.00. The number of allylic oxidation sites excluding steroid dienone is 2. The fraction of sp³-hybridized carbons (Fsp3) is 0.438. The molecule has 0 fully saturated rings. The zero-order valence-electron chi connectivity index (χ0n) is 26.1. The molecule has 0 aromatic heterocycles. The summed E-state index contributed by atoms with van der Waals surface area (Å²) in [7, 11) is 0. The molecule has 0 saturated carbocycles. The van der Waals surface area contributed by atoms with Crippen LogP contribution in [0.4, 0.5) is 22.7 Å². The van der Waals surface area contributed by atoms with Crippen molar-refractivity contribution in [3.05, 3.63) is 82.5 Å². The Morgan fingerprint density at radius 1 is 0.652 bits per heavy atom. The molecule has 0 unspecified atom stereocenters. The van der Waals surface area contributed by atoms with Crippen molar-refractivity contribution in [2.24, 2.45) is 10.7 Å². The van der Waals surface area contributed by atoms with Crippen molar-refractivity contribution < 1.29 is 34.5 Å². The minimum absolute atomic E-state index is 0.0548. The molecule has 2 aromatic rings. The molecule has 1 aliphatic rings. The van der Waals surface area contributed by atoms with Gasteiger partial charge in [0, 0.05) is 49.1 Å². The highest BCUT2D eigenvalue weighted by Crippen LogP contribution is 2.22. The number of anilines is 3. The molecule has 0 bridgehead atoms. The second kappa shape index (κ2) is 18.3. The van der Waals surface area contributed by atoms with Crippen molar-refractivity contribution >= 4 is 34.2 Å². The zero-order chi connectivity index (χ0) is 33.4. The average Bonchev–Trinajstić information content (AvgIpc) is 3.02. The lowest BCUT2D eigenvalue weighted by Crippen LogP contribution is -2.47. The topological polar surface area (TPSA) is 219 Å². The van der Waals surface area contributed by atoms with Gasteiger partial charge in [-0.1, -0.05) is 0 Å². The molecule has 0 radical (unpaired) electrons. The molecule has 9 N–H and O–H groups in total. The van der Waals surface area contributed by atoms with Gasteiger partial charge in [0.2, 0.25) is 5.78 Å². The molecule has 3 rings (SSSR count). The molecule has 0 aliphatic heterocycles. The minimum Gasteiger partial charge on any atom is -0.633 e. The summed E-state index contributed by atoms with van der Waals surface area (Å²) in [6.07, 6.45) is 4.08. The van der Waals surface area contributed by atoms with Gasteiger partial charge in [-0.2, -0.15) is 0 Å². The van der Waals surface area contributed by atoms with Crippen molar-refractivity contribution in [1.82, 2.24) is 0 Å². The van der Waals surface area contributed by atoms with E-state index in [2.05, 4.69) is 20.9 Å². The van der Waals surface area contributed by atoms with E-state index < -0.39 is 9.29 Å². The molecule has 0 amide bonds. The maximum Gasteiger partial charge on any atom is 0.204 e. The third-order valence-electron chi connectivity index (χ3n) is 7.58. The number of aliphatic imine (C=N–C) groups is 1. The van der Waals surface area contributed by atoms with Gasteiger partial charge in [0.15, 0.2) is 0 Å². The lowest BCUT2D eigenvalue weighted by atomic mass is 10.1. The molecule has 0 saturated heterocycles. The Hall–Kier alpha value is -3.86. The molecule has 14 nitrogen and oxygen atoms in total. The van der Waals surface area contributed by atoms with Crippen molar-refractivity contribution in [2.45, 2.75) is 12.8 Å². The second-order valence-corrected chi connectivity index (χ2v) is 11.2. The number of aliphatic hydroxyl groups excluding tert-OH is 4. The average molecular weight is 642 g/mol. The monoisotopic (exact) mass is 641 g/mol. The number of carbonyl (C=O) groups is 1. The van der Waals surface area contributed by atoms with Crippen LogP contribution < -0.4 is 21.7 Å². The molecular formula is C32H47N7O7. The molecule has 0 spiro atoms. The normalized spacial score (nSPS) is 14.7. The summed E-state index contributed by atoms with van der Waals surface area (Å²) in [6.45, 7) is 1.01. The van der Waals surface area contributed by atoms with Crippen LogP contribution in [-0.2, 0) is 4.79 Å². The van der Waals surface area contributed by atoms with Crippen molar-refractivity contribution in [3.8, 4) is 0 Å². The van der Waals surface area contributed by atoms with Gasteiger partial charge in [0.25, 0.3) is 0 Å². The Bertz CT molecular complexity index is 1320. The number of hydroxylamine groups is 6. The van der Waals surface area contributed by atoms with E-state index >= 15 is 0 Å². The quantitative estimate of drug-likeness (QED) is 0.0421. The SMILES string of the molecule is NC1=CC(=O)C(Nc2ccc(NCCC[N+]([O-])(CCO)CCO)cc2)=CC1=Nc1ccc(NCCC[N+]([O-])(CCO)CCO)cc1. The van der Waals surface area contributed by atoms with Gasteiger partial charge in [0.05, 0.1) is 62.3 Å². The first-order valence-corrected chi connectivity index (χ1v) is 15.5. The highest BCUT2D eigenvalue weighted by Gasteiger charge is 2.18. The van der Waals surface area contributed by atoms with E-state index in [1.807, 2.05) is 48.5 Å². The van der Waals surface area contributed by atoms with Crippen molar-refractivity contribution in [2.75, 3.05) is 94.7 Å². The molecule has 252 valence electrons. The maximum absolute atomic E-state index is 12.7. The number of rotatable bonds is 21. The van der Waals surface area contributed by atoms with Gasteiger partial charge in [0.1, 0.15) is 26.2 Å². The third-order valence-corrected chi connectivity index (χ3v) is 7.58. The highest BCUT2D eigenvalue weighted by atomic mass is 16.6. The fourth-order valence-corrected chi connectivity index (χ4v) is 5.00. The Labute approximate surface area is 269 Å². The molecule has 0 atom stereocenters. The van der Waals surface area contributed by atoms with Gasteiger partial charge in [-0.3, -0.25) is 4.79 Å². The van der Waals surface area contributed by atoms with Gasteiger partial charge in [-0.25, -0.2) is 4.99 Å². The summed E-state index contributed by atoms with van der Waals surface area (Å²) in [5.74, 6) is -0.276. The number of benzene rings is 2. The van der Waals surface area contributed by atoms with Crippen LogP contribution in [0.3, 0.4) is 0 Å². The van der Waals surface area contributed by atoms with Gasteiger partial charge >= 0.3 is 0 Å². The Balaban J connectivity index is 1.53. The first kappa shape index (κ1) is 36.6. The Morgan fingerprint density at radius 3 is 1.54 bits per heavy atom. The smallest absolute Gasteiger partial charge is 0.204 e. The molecule has 46 heavy (non-hydrogen) atoms. The van der Waals surface area contributed by atoms with Crippen LogP contribution in [0.2, 0.25) is 0 Å². The number of carbonyl (C=O) groups excluding carboxylic acids is 1. The van der Waals surface area contributed by atoms with Crippen LogP contribution in [0.25, 0.3) is 0 Å². The number of ketones is 1. The van der Waals surface area contributed by atoms with E-state index in [0.717, 1.165) is 11.4 Å². The number of nitrogens with zero attached hydrogens (tertiary/aromatic N) is 3. The molecule has 0 heterocycles. The summed E-state index contributed by atoms with van der Waals surface area (Å²) in [5.41, 5.74) is 10.1. The first-order chi connectivity index (χ1) is 22.1. The Kier molecular flexibility index (Phi) is 14.6. The number of aliphatic hydroxyl groups is 4. The maximum atomic E-state index is 12.7. The first-order valence-electron chi connectivity index (χ1n) is 15.5. The van der Waals surface area contributed by atoms with Crippen LogP contribution >= 0.6 is 0 Å². The number of nitrogens with two attached hydrogens (primary N) is 1. The number of nitrogens with one attached hydrogen (secondary N) is 3. The summed E-state index contributed by atoms with van der Waals surface area (Å²) in [6, 6.07) is 14.7. The third kappa shape index (κ3) is 11.8. The van der Waals surface area contributed by atoms with Crippen LogP contribution in [0, 0.1) is 10.4 Å². The van der Waals surface area contributed by atoms with E-state index in [-0.39, 0.29) is 77.2 Å². The van der Waals surface area contributed by atoms with E-state index in [4.69, 9.17) is 26.2 Å². The number of hydrogen-bond acceptors (Lipinski definition) is 12. The van der Waals surface area contributed by atoms with Gasteiger partial charge in [-0.15, -0.1) is 0 Å². The summed E-state index contributed by atoms with van der Waals surface area (Å²) >= 11 is 0.